The smallest absolute Gasteiger partial charge is 0.404 e. The molecule has 0 spiro atoms. The van der Waals surface area contributed by atoms with Crippen LogP contribution >= 0.6 is 22.6 Å². The largest absolute Gasteiger partial charge is 0.465 e. The summed E-state index contributed by atoms with van der Waals surface area (Å²) in [7, 11) is 0. The van der Waals surface area contributed by atoms with Gasteiger partial charge in [0.15, 0.2) is 0 Å². The fourth-order valence-corrected chi connectivity index (χ4v) is 1.34. The molecule has 4 heteroatoms. The van der Waals surface area contributed by atoms with Crippen LogP contribution in [0, 0.1) is 12.3 Å². The lowest BCUT2D eigenvalue weighted by molar-refractivity contribution is 0.194. The van der Waals surface area contributed by atoms with Crippen LogP contribution in [0.25, 0.3) is 0 Å². The quantitative estimate of drug-likeness (QED) is 0.459. The second-order valence-corrected chi connectivity index (χ2v) is 4.12. The van der Waals surface area contributed by atoms with Crippen molar-refractivity contribution in [2.24, 2.45) is 0 Å². The molecule has 0 aromatic heterocycles. The maximum absolute atomic E-state index is 10.0. The minimum atomic E-state index is -0.962. The van der Waals surface area contributed by atoms with Crippen molar-refractivity contribution in [3.63, 3.8) is 0 Å². The van der Waals surface area contributed by atoms with Gasteiger partial charge in [0.2, 0.25) is 0 Å². The number of hydrogen-bond donors (Lipinski definition) is 2. The van der Waals surface area contributed by atoms with E-state index in [9.17, 15) is 4.79 Å². The molecule has 1 atom stereocenters. The average Bonchev–Trinajstić information content (AvgIpc) is 2.00. The van der Waals surface area contributed by atoms with Crippen molar-refractivity contribution < 1.29 is 9.90 Å². The molecule has 0 aliphatic carbocycles. The first kappa shape index (κ1) is 11.6. The van der Waals surface area contributed by atoms with E-state index in [4.69, 9.17) is 11.5 Å². The molecule has 0 bridgehead atoms. The molecule has 0 aliphatic heterocycles. The number of carboxylic acid groups (broad SMARTS) is 1. The van der Waals surface area contributed by atoms with Gasteiger partial charge in [-0.3, -0.25) is 0 Å². The fraction of sp³-hybridized carbons (Fsp3) is 0.625. The summed E-state index contributed by atoms with van der Waals surface area (Å²) in [5, 5.41) is 10.6. The lowest BCUT2D eigenvalue weighted by atomic mass is 10.2. The van der Waals surface area contributed by atoms with Gasteiger partial charge in [0.05, 0.1) is 0 Å². The van der Waals surface area contributed by atoms with Crippen LogP contribution in [-0.2, 0) is 0 Å². The molecule has 0 fully saturated rings. The van der Waals surface area contributed by atoms with E-state index in [-0.39, 0.29) is 0 Å². The van der Waals surface area contributed by atoms with Crippen molar-refractivity contribution in [1.82, 2.24) is 5.32 Å². The first-order valence-electron chi connectivity index (χ1n) is 3.71. The summed E-state index contributed by atoms with van der Waals surface area (Å²) in [5.41, 5.74) is 0. The Bertz CT molecular complexity index is 176. The van der Waals surface area contributed by atoms with Crippen LogP contribution in [0.5, 0.6) is 0 Å². The van der Waals surface area contributed by atoms with E-state index in [1.165, 1.54) is 0 Å². The van der Waals surface area contributed by atoms with Crippen LogP contribution in [0.1, 0.15) is 19.3 Å². The predicted octanol–water partition coefficient (Wildman–Crippen LogP) is 1.86. The molecule has 0 aromatic carbocycles. The summed E-state index contributed by atoms with van der Waals surface area (Å²) in [4.78, 5) is 10.0. The molecule has 2 N–H and O–H groups in total. The molecular weight excluding hydrogens is 269 g/mol. The lowest BCUT2D eigenvalue weighted by Gasteiger charge is -2.06. The summed E-state index contributed by atoms with van der Waals surface area (Å²) in [6.45, 7) is 0.507. The number of carbonyl (C=O) groups is 1. The molecule has 3 nitrogen and oxygen atoms in total. The van der Waals surface area contributed by atoms with Crippen LogP contribution in [0.2, 0.25) is 0 Å². The topological polar surface area (TPSA) is 49.3 Å². The predicted molar refractivity (Wildman–Crippen MR) is 56.5 cm³/mol. The van der Waals surface area contributed by atoms with Crippen molar-refractivity contribution in [3.05, 3.63) is 0 Å². The summed E-state index contributed by atoms with van der Waals surface area (Å²) in [5.74, 6) is 2.56. The highest BCUT2D eigenvalue weighted by Gasteiger charge is 2.03. The first-order chi connectivity index (χ1) is 5.66. The third-order valence-corrected chi connectivity index (χ3v) is 2.58. The Hall–Kier alpha value is -0.440. The third-order valence-electron chi connectivity index (χ3n) is 1.34. The number of amides is 1. The number of halogens is 1. The molecule has 0 aliphatic rings. The number of terminal acetylenes is 1. The normalized spacial score (nSPS) is 11.7. The Morgan fingerprint density at radius 2 is 2.33 bits per heavy atom. The number of rotatable bonds is 5. The Balaban J connectivity index is 3.26. The molecule has 12 heavy (non-hydrogen) atoms. The highest BCUT2D eigenvalue weighted by atomic mass is 127. The SMILES string of the molecule is C#CCCC(I)CCNC(=O)O. The van der Waals surface area contributed by atoms with Gasteiger partial charge >= 0.3 is 6.09 Å². The fourth-order valence-electron chi connectivity index (χ4n) is 0.720. The second kappa shape index (κ2) is 7.22. The molecular formula is C8H12INO2. The van der Waals surface area contributed by atoms with E-state index in [0.29, 0.717) is 10.5 Å². The summed E-state index contributed by atoms with van der Waals surface area (Å²) in [6.07, 6.45) is 6.69. The van der Waals surface area contributed by atoms with Crippen LogP contribution in [-0.4, -0.2) is 21.7 Å². The van der Waals surface area contributed by atoms with E-state index >= 15 is 0 Å². The Morgan fingerprint density at radius 3 is 2.83 bits per heavy atom. The molecule has 1 amide bonds. The van der Waals surface area contributed by atoms with Crippen LogP contribution < -0.4 is 5.32 Å². The number of hydrogen-bond acceptors (Lipinski definition) is 1. The van der Waals surface area contributed by atoms with Crippen molar-refractivity contribution in [1.29, 1.82) is 0 Å². The van der Waals surface area contributed by atoms with Gasteiger partial charge in [-0.1, -0.05) is 22.6 Å². The van der Waals surface area contributed by atoms with Crippen LogP contribution in [0.4, 0.5) is 4.79 Å². The van der Waals surface area contributed by atoms with E-state index in [1.54, 1.807) is 0 Å². The van der Waals surface area contributed by atoms with Crippen molar-refractivity contribution in [3.8, 4) is 12.3 Å². The molecule has 0 aromatic rings. The van der Waals surface area contributed by atoms with Gasteiger partial charge < -0.3 is 10.4 Å². The molecule has 0 radical (unpaired) electrons. The van der Waals surface area contributed by atoms with Crippen molar-refractivity contribution >= 4 is 28.7 Å². The average molecular weight is 281 g/mol. The van der Waals surface area contributed by atoms with E-state index in [2.05, 4.69) is 33.8 Å². The van der Waals surface area contributed by atoms with Gasteiger partial charge in [-0.05, 0) is 12.8 Å². The summed E-state index contributed by atoms with van der Waals surface area (Å²) in [6, 6.07) is 0. The minimum absolute atomic E-state index is 0.463. The second-order valence-electron chi connectivity index (χ2n) is 2.36. The summed E-state index contributed by atoms with van der Waals surface area (Å²) < 4.78 is 0.463. The molecule has 0 saturated carbocycles. The van der Waals surface area contributed by atoms with Gasteiger partial charge in [-0.15, -0.1) is 12.3 Å². The molecule has 1 unspecified atom stereocenters. The van der Waals surface area contributed by atoms with Crippen LogP contribution in [0.15, 0.2) is 0 Å². The van der Waals surface area contributed by atoms with E-state index in [1.807, 2.05) is 0 Å². The minimum Gasteiger partial charge on any atom is -0.465 e. The molecule has 0 saturated heterocycles. The van der Waals surface area contributed by atoms with Crippen molar-refractivity contribution in [2.75, 3.05) is 6.54 Å². The Labute approximate surface area is 86.1 Å². The zero-order valence-corrected chi connectivity index (χ0v) is 8.87. The monoisotopic (exact) mass is 281 g/mol. The van der Waals surface area contributed by atoms with Crippen LogP contribution in [0.3, 0.4) is 0 Å². The summed E-state index contributed by atoms with van der Waals surface area (Å²) >= 11 is 2.28. The van der Waals surface area contributed by atoms with Gasteiger partial charge in [-0.2, -0.15) is 0 Å². The lowest BCUT2D eigenvalue weighted by Crippen LogP contribution is -2.23. The molecule has 68 valence electrons. The Kier molecular flexibility index (Phi) is 6.96. The van der Waals surface area contributed by atoms with E-state index < -0.39 is 6.09 Å². The van der Waals surface area contributed by atoms with Gasteiger partial charge in [0.1, 0.15) is 0 Å². The maximum Gasteiger partial charge on any atom is 0.404 e. The zero-order valence-electron chi connectivity index (χ0n) is 6.72. The highest BCUT2D eigenvalue weighted by molar-refractivity contribution is 14.1. The number of alkyl halides is 1. The standard InChI is InChI=1S/C8H12INO2/c1-2-3-4-7(9)5-6-10-8(11)12/h1,7,10H,3-6H2,(H,11,12). The van der Waals surface area contributed by atoms with E-state index in [0.717, 1.165) is 19.3 Å². The first-order valence-corrected chi connectivity index (χ1v) is 4.95. The molecule has 0 rings (SSSR count). The molecule has 0 heterocycles. The Morgan fingerprint density at radius 1 is 1.67 bits per heavy atom. The van der Waals surface area contributed by atoms with Gasteiger partial charge in [0.25, 0.3) is 0 Å². The zero-order chi connectivity index (χ0) is 9.40. The van der Waals surface area contributed by atoms with Crippen molar-refractivity contribution in [2.45, 2.75) is 23.2 Å². The maximum atomic E-state index is 10.0. The van der Waals surface area contributed by atoms with Gasteiger partial charge in [-0.25, -0.2) is 4.79 Å². The third kappa shape index (κ3) is 7.66. The highest BCUT2D eigenvalue weighted by Crippen LogP contribution is 2.11. The number of nitrogens with one attached hydrogen (secondary N) is 1. The van der Waals surface area contributed by atoms with Gasteiger partial charge in [0, 0.05) is 16.9 Å².